The van der Waals surface area contributed by atoms with Gasteiger partial charge >= 0.3 is 6.09 Å². The Morgan fingerprint density at radius 1 is 1.43 bits per heavy atom. The fourth-order valence-electron chi connectivity index (χ4n) is 1.85. The molecular weight excluding hydrogens is 268 g/mol. The molecule has 0 aromatic carbocycles. The molecule has 120 valence electrons. The zero-order valence-electron chi connectivity index (χ0n) is 13.9. The van der Waals surface area contributed by atoms with Gasteiger partial charge in [0.25, 0.3) is 0 Å². The highest BCUT2D eigenvalue weighted by molar-refractivity contribution is 5.67. The third-order valence-electron chi connectivity index (χ3n) is 2.98. The van der Waals surface area contributed by atoms with Crippen LogP contribution < -0.4 is 10.6 Å². The van der Waals surface area contributed by atoms with Crippen LogP contribution in [0.5, 0.6) is 0 Å². The summed E-state index contributed by atoms with van der Waals surface area (Å²) in [6.07, 6.45) is 1.44. The van der Waals surface area contributed by atoms with Crippen LogP contribution in [0.4, 0.5) is 4.79 Å². The Kier molecular flexibility index (Phi) is 6.20. The Balaban J connectivity index is 2.41. The molecule has 0 aliphatic rings. The van der Waals surface area contributed by atoms with Crippen molar-refractivity contribution in [2.75, 3.05) is 6.54 Å². The second-order valence-corrected chi connectivity index (χ2v) is 6.61. The van der Waals surface area contributed by atoms with Crippen molar-refractivity contribution in [3.63, 3.8) is 0 Å². The molecule has 1 heterocycles. The van der Waals surface area contributed by atoms with Crippen LogP contribution in [0.3, 0.4) is 0 Å². The first-order valence-electron chi connectivity index (χ1n) is 7.38. The molecule has 1 aromatic rings. The van der Waals surface area contributed by atoms with E-state index < -0.39 is 5.60 Å². The van der Waals surface area contributed by atoms with Crippen LogP contribution >= 0.6 is 0 Å². The van der Waals surface area contributed by atoms with E-state index in [1.807, 2.05) is 33.9 Å². The number of carbonyl (C=O) groups is 1. The highest BCUT2D eigenvalue weighted by Crippen LogP contribution is 2.07. The van der Waals surface area contributed by atoms with Crippen molar-refractivity contribution in [1.29, 1.82) is 0 Å². The van der Waals surface area contributed by atoms with E-state index in [-0.39, 0.29) is 12.1 Å². The van der Waals surface area contributed by atoms with Gasteiger partial charge in [0.15, 0.2) is 0 Å². The first-order valence-corrected chi connectivity index (χ1v) is 7.38. The van der Waals surface area contributed by atoms with Crippen LogP contribution in [0.1, 0.15) is 46.1 Å². The lowest BCUT2D eigenvalue weighted by Crippen LogP contribution is -2.45. The quantitative estimate of drug-likeness (QED) is 0.753. The highest BCUT2D eigenvalue weighted by Gasteiger charge is 2.18. The topological polar surface area (TPSA) is 79.0 Å². The summed E-state index contributed by atoms with van der Waals surface area (Å²) < 4.78 is 5.24. The van der Waals surface area contributed by atoms with Crippen LogP contribution in [-0.4, -0.2) is 34.2 Å². The van der Waals surface area contributed by atoms with E-state index in [0.717, 1.165) is 11.5 Å². The van der Waals surface area contributed by atoms with E-state index in [4.69, 9.17) is 4.74 Å². The molecule has 0 saturated heterocycles. The maximum absolute atomic E-state index is 11.7. The molecule has 21 heavy (non-hydrogen) atoms. The number of carbonyl (C=O) groups excluding carboxylic acids is 1. The molecule has 0 spiro atoms. The minimum Gasteiger partial charge on any atom is -0.444 e. The van der Waals surface area contributed by atoms with Crippen molar-refractivity contribution in [2.24, 2.45) is 5.92 Å². The lowest BCUT2D eigenvalue weighted by molar-refractivity contribution is 0.0519. The molecule has 0 aliphatic carbocycles. The average Bonchev–Trinajstić information content (AvgIpc) is 2.72. The number of nitrogens with one attached hydrogen (secondary N) is 3. The van der Waals surface area contributed by atoms with Gasteiger partial charge in [-0.25, -0.2) is 9.78 Å². The molecule has 6 heteroatoms. The predicted octanol–water partition coefficient (Wildman–Crippen LogP) is 2.36. The van der Waals surface area contributed by atoms with Crippen molar-refractivity contribution in [3.8, 4) is 0 Å². The van der Waals surface area contributed by atoms with Crippen molar-refractivity contribution >= 4 is 6.09 Å². The summed E-state index contributed by atoms with van der Waals surface area (Å²) >= 11 is 0. The molecule has 0 radical (unpaired) electrons. The third kappa shape index (κ3) is 7.13. The molecule has 1 amide bonds. The lowest BCUT2D eigenvalue weighted by Gasteiger charge is -2.24. The van der Waals surface area contributed by atoms with Crippen LogP contribution in [0.2, 0.25) is 0 Å². The molecular formula is C15H28N4O2. The van der Waals surface area contributed by atoms with E-state index in [0.29, 0.717) is 19.0 Å². The molecule has 0 fully saturated rings. The Bertz CT molecular complexity index is 449. The Hall–Kier alpha value is -1.56. The van der Waals surface area contributed by atoms with Gasteiger partial charge in [-0.1, -0.05) is 13.8 Å². The summed E-state index contributed by atoms with van der Waals surface area (Å²) in [6, 6.07) is 0.168. The maximum Gasteiger partial charge on any atom is 0.407 e. The SMILES string of the molecule is Cc1ncc(CNC(CNC(=O)OC(C)(C)C)C(C)C)[nH]1. The summed E-state index contributed by atoms with van der Waals surface area (Å²) in [5, 5.41) is 6.24. The smallest absolute Gasteiger partial charge is 0.407 e. The fourth-order valence-corrected chi connectivity index (χ4v) is 1.85. The second kappa shape index (κ2) is 7.45. The van der Waals surface area contributed by atoms with E-state index in [9.17, 15) is 4.79 Å². The van der Waals surface area contributed by atoms with Crippen LogP contribution in [0.25, 0.3) is 0 Å². The predicted molar refractivity (Wildman–Crippen MR) is 83.0 cm³/mol. The fraction of sp³-hybridized carbons (Fsp3) is 0.733. The van der Waals surface area contributed by atoms with Gasteiger partial charge in [0, 0.05) is 31.0 Å². The Morgan fingerprint density at radius 2 is 2.10 bits per heavy atom. The summed E-state index contributed by atoms with van der Waals surface area (Å²) in [7, 11) is 0. The van der Waals surface area contributed by atoms with Gasteiger partial charge in [0.1, 0.15) is 11.4 Å². The zero-order valence-corrected chi connectivity index (χ0v) is 13.9. The monoisotopic (exact) mass is 296 g/mol. The number of aromatic amines is 1. The van der Waals surface area contributed by atoms with E-state index in [2.05, 4.69) is 34.4 Å². The molecule has 1 atom stereocenters. The molecule has 0 bridgehead atoms. The maximum atomic E-state index is 11.7. The number of aromatic nitrogens is 2. The van der Waals surface area contributed by atoms with E-state index in [1.165, 1.54) is 0 Å². The molecule has 1 unspecified atom stereocenters. The zero-order chi connectivity index (χ0) is 16.0. The largest absolute Gasteiger partial charge is 0.444 e. The second-order valence-electron chi connectivity index (χ2n) is 6.61. The van der Waals surface area contributed by atoms with Gasteiger partial charge in [-0.05, 0) is 33.6 Å². The molecule has 6 nitrogen and oxygen atoms in total. The molecule has 0 aliphatic heterocycles. The van der Waals surface area contributed by atoms with Crippen molar-refractivity contribution in [3.05, 3.63) is 17.7 Å². The Morgan fingerprint density at radius 3 is 2.57 bits per heavy atom. The number of nitrogens with zero attached hydrogens (tertiary/aromatic N) is 1. The number of aryl methyl sites for hydroxylation is 1. The molecule has 1 aromatic heterocycles. The first kappa shape index (κ1) is 17.5. The summed E-state index contributed by atoms with van der Waals surface area (Å²) in [5.74, 6) is 1.30. The van der Waals surface area contributed by atoms with Gasteiger partial charge in [-0.3, -0.25) is 0 Å². The normalized spacial score (nSPS) is 13.3. The molecule has 0 saturated carbocycles. The van der Waals surface area contributed by atoms with Crippen molar-refractivity contribution in [2.45, 2.75) is 59.7 Å². The van der Waals surface area contributed by atoms with Crippen molar-refractivity contribution in [1.82, 2.24) is 20.6 Å². The number of rotatable bonds is 6. The van der Waals surface area contributed by atoms with Crippen molar-refractivity contribution < 1.29 is 9.53 Å². The number of hydrogen-bond acceptors (Lipinski definition) is 4. The van der Waals surface area contributed by atoms with Crippen LogP contribution in [0, 0.1) is 12.8 Å². The van der Waals surface area contributed by atoms with Crippen LogP contribution in [0.15, 0.2) is 6.20 Å². The summed E-state index contributed by atoms with van der Waals surface area (Å²) in [4.78, 5) is 19.0. The standard InChI is InChI=1S/C15H28N4O2/c1-10(2)13(9-18-14(20)21-15(4,5)6)17-8-12-7-16-11(3)19-12/h7,10,13,17H,8-9H2,1-6H3,(H,16,19)(H,18,20). The summed E-state index contributed by atoms with van der Waals surface area (Å²) in [5.41, 5.74) is 0.563. The third-order valence-corrected chi connectivity index (χ3v) is 2.98. The number of imidazole rings is 1. The number of amides is 1. The van der Waals surface area contributed by atoms with Gasteiger partial charge < -0.3 is 20.4 Å². The van der Waals surface area contributed by atoms with Crippen LogP contribution in [-0.2, 0) is 11.3 Å². The average molecular weight is 296 g/mol. The van der Waals surface area contributed by atoms with Gasteiger partial charge in [-0.2, -0.15) is 0 Å². The van der Waals surface area contributed by atoms with Gasteiger partial charge in [0.05, 0.1) is 0 Å². The Labute approximate surface area is 127 Å². The number of alkyl carbamates (subject to hydrolysis) is 1. The summed E-state index contributed by atoms with van der Waals surface area (Å²) in [6.45, 7) is 12.9. The number of ether oxygens (including phenoxy) is 1. The minimum atomic E-state index is -0.474. The van der Waals surface area contributed by atoms with Gasteiger partial charge in [-0.15, -0.1) is 0 Å². The van der Waals surface area contributed by atoms with E-state index in [1.54, 1.807) is 0 Å². The number of hydrogen-bond donors (Lipinski definition) is 3. The lowest BCUT2D eigenvalue weighted by atomic mass is 10.0. The first-order chi connectivity index (χ1) is 9.67. The molecule has 1 rings (SSSR count). The highest BCUT2D eigenvalue weighted by atomic mass is 16.6. The number of H-pyrrole nitrogens is 1. The van der Waals surface area contributed by atoms with Gasteiger partial charge in [0.2, 0.25) is 0 Å². The minimum absolute atomic E-state index is 0.168. The molecule has 3 N–H and O–H groups in total. The van der Waals surface area contributed by atoms with E-state index >= 15 is 0 Å².